The number of sulfonamides is 1. The fourth-order valence-electron chi connectivity index (χ4n) is 2.19. The van der Waals surface area contributed by atoms with Gasteiger partial charge in [-0.3, -0.25) is 0 Å². The van der Waals surface area contributed by atoms with Crippen LogP contribution in [0.5, 0.6) is 0 Å². The first-order valence-electron chi connectivity index (χ1n) is 6.00. The molecule has 0 bridgehead atoms. The Morgan fingerprint density at radius 3 is 2.21 bits per heavy atom. The average Bonchev–Trinajstić information content (AvgIpc) is 2.62. The molecule has 0 fully saturated rings. The lowest BCUT2D eigenvalue weighted by Gasteiger charge is -2.04. The Morgan fingerprint density at radius 2 is 1.53 bits per heavy atom. The summed E-state index contributed by atoms with van der Waals surface area (Å²) in [4.78, 5) is 0.300. The van der Waals surface area contributed by atoms with E-state index < -0.39 is 10.0 Å². The van der Waals surface area contributed by atoms with Gasteiger partial charge in [0.05, 0.1) is 10.6 Å². The van der Waals surface area contributed by atoms with Crippen LogP contribution in [0.3, 0.4) is 0 Å². The SMILES string of the molecule is Cc1ccc(C2=NS(=O)(=O)c3ccc(C)cc32)cc1. The van der Waals surface area contributed by atoms with Crippen LogP contribution in [0.4, 0.5) is 0 Å². The minimum atomic E-state index is -3.54. The van der Waals surface area contributed by atoms with Crippen molar-refractivity contribution < 1.29 is 8.42 Å². The molecule has 0 N–H and O–H groups in total. The van der Waals surface area contributed by atoms with E-state index >= 15 is 0 Å². The molecule has 0 radical (unpaired) electrons. The van der Waals surface area contributed by atoms with Crippen molar-refractivity contribution in [3.63, 3.8) is 0 Å². The lowest BCUT2D eigenvalue weighted by atomic mass is 10.00. The van der Waals surface area contributed by atoms with Crippen LogP contribution in [0, 0.1) is 13.8 Å². The van der Waals surface area contributed by atoms with E-state index in [2.05, 4.69) is 4.40 Å². The Morgan fingerprint density at radius 1 is 0.895 bits per heavy atom. The van der Waals surface area contributed by atoms with E-state index in [0.717, 1.165) is 16.7 Å². The molecule has 19 heavy (non-hydrogen) atoms. The predicted octanol–water partition coefficient (Wildman–Crippen LogP) is 2.84. The number of rotatable bonds is 1. The van der Waals surface area contributed by atoms with E-state index in [0.29, 0.717) is 16.2 Å². The minimum absolute atomic E-state index is 0.300. The molecule has 0 amide bonds. The number of nitrogens with zero attached hydrogens (tertiary/aromatic N) is 1. The second-order valence-corrected chi connectivity index (χ2v) is 6.35. The van der Waals surface area contributed by atoms with Crippen LogP contribution in [0.1, 0.15) is 22.3 Å². The topological polar surface area (TPSA) is 46.5 Å². The van der Waals surface area contributed by atoms with E-state index in [4.69, 9.17) is 0 Å². The van der Waals surface area contributed by atoms with Gasteiger partial charge in [0.15, 0.2) is 0 Å². The average molecular weight is 271 g/mol. The highest BCUT2D eigenvalue weighted by atomic mass is 32.2. The Balaban J connectivity index is 2.25. The molecule has 0 saturated carbocycles. The van der Waals surface area contributed by atoms with Crippen LogP contribution in [0.25, 0.3) is 0 Å². The van der Waals surface area contributed by atoms with Gasteiger partial charge >= 0.3 is 0 Å². The van der Waals surface area contributed by atoms with Gasteiger partial charge < -0.3 is 0 Å². The van der Waals surface area contributed by atoms with Crippen molar-refractivity contribution in [2.24, 2.45) is 4.40 Å². The zero-order valence-electron chi connectivity index (χ0n) is 10.7. The van der Waals surface area contributed by atoms with E-state index in [1.165, 1.54) is 0 Å². The van der Waals surface area contributed by atoms with Gasteiger partial charge in [-0.1, -0.05) is 41.5 Å². The van der Waals surface area contributed by atoms with Gasteiger partial charge in [0.1, 0.15) is 0 Å². The first kappa shape index (κ1) is 12.1. The molecular formula is C15H13NO2S. The molecule has 0 spiro atoms. The number of aryl methyl sites for hydroxylation is 2. The molecule has 1 aliphatic rings. The maximum Gasteiger partial charge on any atom is 0.283 e. The highest BCUT2D eigenvalue weighted by Crippen LogP contribution is 2.29. The minimum Gasteiger partial charge on any atom is -0.199 e. The Bertz CT molecular complexity index is 787. The smallest absolute Gasteiger partial charge is 0.199 e. The standard InChI is InChI=1S/C15H13NO2S/c1-10-3-6-12(7-4-10)15-13-9-11(2)5-8-14(13)19(17,18)16-15/h3-9H,1-2H3. The molecule has 2 aromatic rings. The first-order valence-corrected chi connectivity index (χ1v) is 7.44. The van der Waals surface area contributed by atoms with Crippen molar-refractivity contribution in [1.29, 1.82) is 0 Å². The highest BCUT2D eigenvalue weighted by molar-refractivity contribution is 7.90. The maximum atomic E-state index is 12.0. The quantitative estimate of drug-likeness (QED) is 0.800. The van der Waals surface area contributed by atoms with Gasteiger partial charge in [-0.15, -0.1) is 0 Å². The Hall–Kier alpha value is -1.94. The van der Waals surface area contributed by atoms with E-state index in [1.807, 2.05) is 44.2 Å². The third-order valence-corrected chi connectivity index (χ3v) is 4.54. The molecule has 2 aromatic carbocycles. The highest BCUT2D eigenvalue weighted by Gasteiger charge is 2.29. The molecule has 3 nitrogen and oxygen atoms in total. The summed E-state index contributed by atoms with van der Waals surface area (Å²) in [6, 6.07) is 13.0. The van der Waals surface area contributed by atoms with Crippen LogP contribution in [-0.2, 0) is 10.0 Å². The largest absolute Gasteiger partial charge is 0.283 e. The van der Waals surface area contributed by atoms with Crippen LogP contribution in [-0.4, -0.2) is 14.1 Å². The second-order valence-electron chi connectivity index (χ2n) is 4.78. The summed E-state index contributed by atoms with van der Waals surface area (Å²) in [5.41, 5.74) is 4.23. The third kappa shape index (κ3) is 1.98. The molecule has 96 valence electrons. The summed E-state index contributed by atoms with van der Waals surface area (Å²) >= 11 is 0. The Kier molecular flexibility index (Phi) is 2.57. The zero-order chi connectivity index (χ0) is 13.6. The number of fused-ring (bicyclic) bond motifs is 1. The lowest BCUT2D eigenvalue weighted by Crippen LogP contribution is -2.00. The predicted molar refractivity (Wildman–Crippen MR) is 75.2 cm³/mol. The lowest BCUT2D eigenvalue weighted by molar-refractivity contribution is 0.599. The van der Waals surface area contributed by atoms with Gasteiger partial charge in [0.25, 0.3) is 10.0 Å². The molecule has 0 unspecified atom stereocenters. The molecule has 0 saturated heterocycles. The van der Waals surface area contributed by atoms with Gasteiger partial charge in [0, 0.05) is 11.1 Å². The number of hydrogen-bond donors (Lipinski definition) is 0. The molecule has 1 heterocycles. The van der Waals surface area contributed by atoms with E-state index in [1.54, 1.807) is 12.1 Å². The zero-order valence-corrected chi connectivity index (χ0v) is 11.5. The van der Waals surface area contributed by atoms with Gasteiger partial charge in [-0.2, -0.15) is 12.8 Å². The molecule has 0 atom stereocenters. The normalized spacial score (nSPS) is 16.0. The van der Waals surface area contributed by atoms with Crippen LogP contribution >= 0.6 is 0 Å². The fraction of sp³-hybridized carbons (Fsp3) is 0.133. The van der Waals surface area contributed by atoms with Crippen molar-refractivity contribution in [3.05, 3.63) is 64.7 Å². The summed E-state index contributed by atoms with van der Waals surface area (Å²) in [5, 5.41) is 0. The summed E-state index contributed by atoms with van der Waals surface area (Å²) < 4.78 is 28.0. The van der Waals surface area contributed by atoms with Gasteiger partial charge in [0.2, 0.25) is 0 Å². The second kappa shape index (κ2) is 4.03. The monoisotopic (exact) mass is 271 g/mol. The molecular weight excluding hydrogens is 258 g/mol. The van der Waals surface area contributed by atoms with Crippen molar-refractivity contribution in [2.75, 3.05) is 0 Å². The summed E-state index contributed by atoms with van der Waals surface area (Å²) in [5.74, 6) is 0. The van der Waals surface area contributed by atoms with E-state index in [-0.39, 0.29) is 0 Å². The van der Waals surface area contributed by atoms with Crippen molar-refractivity contribution in [1.82, 2.24) is 0 Å². The Labute approximate surface area is 112 Å². The molecule has 0 aliphatic carbocycles. The molecule has 1 aliphatic heterocycles. The first-order chi connectivity index (χ1) is 8.97. The summed E-state index contributed by atoms with van der Waals surface area (Å²) in [7, 11) is -3.54. The van der Waals surface area contributed by atoms with Crippen LogP contribution in [0.2, 0.25) is 0 Å². The van der Waals surface area contributed by atoms with Crippen LogP contribution in [0.15, 0.2) is 51.8 Å². The van der Waals surface area contributed by atoms with Gasteiger partial charge in [-0.05, 0) is 26.0 Å². The molecule has 0 aromatic heterocycles. The maximum absolute atomic E-state index is 12.0. The van der Waals surface area contributed by atoms with Crippen molar-refractivity contribution in [3.8, 4) is 0 Å². The summed E-state index contributed by atoms with van der Waals surface area (Å²) in [6.45, 7) is 3.94. The number of hydrogen-bond acceptors (Lipinski definition) is 2. The molecule has 4 heteroatoms. The third-order valence-electron chi connectivity index (χ3n) is 3.20. The molecule has 3 rings (SSSR count). The van der Waals surface area contributed by atoms with Crippen LogP contribution < -0.4 is 0 Å². The number of benzene rings is 2. The van der Waals surface area contributed by atoms with Gasteiger partial charge in [-0.25, -0.2) is 0 Å². The van der Waals surface area contributed by atoms with Crippen molar-refractivity contribution in [2.45, 2.75) is 18.7 Å². The van der Waals surface area contributed by atoms with Crippen molar-refractivity contribution >= 4 is 15.7 Å². The fourth-order valence-corrected chi connectivity index (χ4v) is 3.41. The summed E-state index contributed by atoms with van der Waals surface area (Å²) in [6.07, 6.45) is 0. The van der Waals surface area contributed by atoms with E-state index in [9.17, 15) is 8.42 Å².